The molecule has 5 atom stereocenters. The summed E-state index contributed by atoms with van der Waals surface area (Å²) >= 11 is 0. The van der Waals surface area contributed by atoms with Crippen LogP contribution >= 0.6 is 0 Å². The van der Waals surface area contributed by atoms with Gasteiger partial charge in [0.05, 0.1) is 6.61 Å². The second-order valence-electron chi connectivity index (χ2n) is 3.52. The Kier molecular flexibility index (Phi) is 3.44. The van der Waals surface area contributed by atoms with Crippen LogP contribution in [0.2, 0.25) is 0 Å². The second-order valence-corrected chi connectivity index (χ2v) is 3.52. The van der Waals surface area contributed by atoms with Crippen LogP contribution in [0.15, 0.2) is 0 Å². The molecular weight excluding hydrogens is 208 g/mol. The van der Waals surface area contributed by atoms with Gasteiger partial charge in [0.2, 0.25) is 0 Å². The van der Waals surface area contributed by atoms with Crippen molar-refractivity contribution in [1.82, 2.24) is 0 Å². The van der Waals surface area contributed by atoms with E-state index in [1.54, 1.807) is 0 Å². The molecule has 1 rings (SSSR count). The molecule has 0 aromatic heterocycles. The van der Waals surface area contributed by atoms with Gasteiger partial charge in [-0.3, -0.25) is 4.79 Å². The van der Waals surface area contributed by atoms with E-state index in [2.05, 4.69) is 4.74 Å². The number of aliphatic hydroxyl groups is 5. The normalized spacial score (nSPS) is 46.5. The number of hydrogen-bond acceptors (Lipinski definition) is 7. The molecule has 1 fully saturated rings. The first-order chi connectivity index (χ1) is 6.84. The van der Waals surface area contributed by atoms with E-state index in [1.807, 2.05) is 0 Å². The largest absolute Gasteiger partial charge is 0.394 e. The van der Waals surface area contributed by atoms with Crippen molar-refractivity contribution in [2.24, 2.45) is 0 Å². The number of Topliss-reactive ketones (excluding diaryl/α,β-unsaturated/α-hetero) is 1. The van der Waals surface area contributed by atoms with Gasteiger partial charge in [0.15, 0.2) is 5.78 Å². The lowest BCUT2D eigenvalue weighted by Crippen LogP contribution is -2.67. The number of aliphatic hydroxyl groups excluding tert-OH is 4. The summed E-state index contributed by atoms with van der Waals surface area (Å²) < 4.78 is 4.68. The molecule has 0 aromatic carbocycles. The second kappa shape index (κ2) is 4.12. The topological polar surface area (TPSA) is 127 Å². The minimum Gasteiger partial charge on any atom is -0.394 e. The molecule has 0 bridgehead atoms. The molecule has 0 aliphatic carbocycles. The predicted octanol–water partition coefficient (Wildman–Crippen LogP) is -3.26. The van der Waals surface area contributed by atoms with Gasteiger partial charge in [-0.15, -0.1) is 0 Å². The van der Waals surface area contributed by atoms with Crippen LogP contribution in [0.25, 0.3) is 0 Å². The van der Waals surface area contributed by atoms with Gasteiger partial charge in [-0.2, -0.15) is 0 Å². The van der Waals surface area contributed by atoms with E-state index >= 15 is 0 Å². The summed E-state index contributed by atoms with van der Waals surface area (Å²) in [5.41, 5.74) is 0. The third-order valence-corrected chi connectivity index (χ3v) is 2.47. The molecule has 0 saturated carbocycles. The van der Waals surface area contributed by atoms with E-state index in [9.17, 15) is 25.2 Å². The molecule has 1 aliphatic rings. The Morgan fingerprint density at radius 1 is 1.33 bits per heavy atom. The highest BCUT2D eigenvalue weighted by atomic mass is 16.7. The van der Waals surface area contributed by atoms with Gasteiger partial charge in [0, 0.05) is 6.92 Å². The zero-order valence-electron chi connectivity index (χ0n) is 8.07. The highest BCUT2D eigenvalue weighted by molar-refractivity contribution is 5.84. The maximum atomic E-state index is 11.0. The molecule has 0 amide bonds. The van der Waals surface area contributed by atoms with Gasteiger partial charge in [-0.1, -0.05) is 0 Å². The molecule has 1 heterocycles. The summed E-state index contributed by atoms with van der Waals surface area (Å²) in [4.78, 5) is 11.0. The van der Waals surface area contributed by atoms with Gasteiger partial charge < -0.3 is 30.3 Å². The van der Waals surface area contributed by atoms with Crippen molar-refractivity contribution in [2.75, 3.05) is 6.61 Å². The van der Waals surface area contributed by atoms with Crippen LogP contribution in [0.5, 0.6) is 0 Å². The molecule has 1 unspecified atom stereocenters. The van der Waals surface area contributed by atoms with Crippen molar-refractivity contribution >= 4 is 5.78 Å². The van der Waals surface area contributed by atoms with Crippen molar-refractivity contribution in [2.45, 2.75) is 37.1 Å². The molecule has 1 saturated heterocycles. The van der Waals surface area contributed by atoms with Gasteiger partial charge in [0.25, 0.3) is 5.79 Å². The van der Waals surface area contributed by atoms with Gasteiger partial charge in [-0.25, -0.2) is 0 Å². The third kappa shape index (κ3) is 1.89. The summed E-state index contributed by atoms with van der Waals surface area (Å²) in [7, 11) is 0. The Hall–Kier alpha value is -0.570. The van der Waals surface area contributed by atoms with Gasteiger partial charge in [0.1, 0.15) is 24.4 Å². The molecule has 88 valence electrons. The SMILES string of the molecule is CC(=O)C1(O)O[C@H](CO)[C@@H](O)[C@H](O)[C@H]1O. The summed E-state index contributed by atoms with van der Waals surface area (Å²) in [5.74, 6) is -3.51. The molecular formula is C8H14O7. The van der Waals surface area contributed by atoms with Crippen LogP contribution in [0, 0.1) is 0 Å². The first kappa shape index (κ1) is 12.5. The van der Waals surface area contributed by atoms with Gasteiger partial charge >= 0.3 is 0 Å². The lowest BCUT2D eigenvalue weighted by atomic mass is 9.90. The quantitative estimate of drug-likeness (QED) is 0.332. The highest BCUT2D eigenvalue weighted by Gasteiger charge is 2.55. The Labute approximate surface area is 85.5 Å². The number of rotatable bonds is 2. The molecule has 15 heavy (non-hydrogen) atoms. The molecule has 5 N–H and O–H groups in total. The van der Waals surface area contributed by atoms with Crippen LogP contribution in [0.1, 0.15) is 6.92 Å². The van der Waals surface area contributed by atoms with Crippen LogP contribution < -0.4 is 0 Å². The zero-order chi connectivity index (χ0) is 11.8. The Morgan fingerprint density at radius 2 is 1.87 bits per heavy atom. The average molecular weight is 222 g/mol. The molecule has 0 radical (unpaired) electrons. The summed E-state index contributed by atoms with van der Waals surface area (Å²) in [6, 6.07) is 0. The third-order valence-electron chi connectivity index (χ3n) is 2.47. The number of hydrogen-bond donors (Lipinski definition) is 5. The minimum atomic E-state index is -2.59. The number of ketones is 1. The van der Waals surface area contributed by atoms with Crippen LogP contribution in [-0.4, -0.2) is 68.1 Å². The molecule has 0 aromatic rings. The lowest BCUT2D eigenvalue weighted by Gasteiger charge is -2.43. The van der Waals surface area contributed by atoms with E-state index in [0.717, 1.165) is 6.92 Å². The van der Waals surface area contributed by atoms with E-state index in [4.69, 9.17) is 5.11 Å². The van der Waals surface area contributed by atoms with Crippen molar-refractivity contribution in [3.05, 3.63) is 0 Å². The molecule has 7 nitrogen and oxygen atoms in total. The first-order valence-electron chi connectivity index (χ1n) is 4.41. The van der Waals surface area contributed by atoms with Gasteiger partial charge in [-0.05, 0) is 0 Å². The van der Waals surface area contributed by atoms with Crippen molar-refractivity contribution in [1.29, 1.82) is 0 Å². The van der Waals surface area contributed by atoms with Crippen LogP contribution in [0.4, 0.5) is 0 Å². The average Bonchev–Trinajstić information content (AvgIpc) is 2.20. The Balaban J connectivity index is 2.97. The maximum Gasteiger partial charge on any atom is 0.256 e. The minimum absolute atomic E-state index is 0.694. The van der Waals surface area contributed by atoms with Crippen LogP contribution in [-0.2, 0) is 9.53 Å². The summed E-state index contributed by atoms with van der Waals surface area (Å²) in [5, 5.41) is 46.4. The Bertz CT molecular complexity index is 253. The molecule has 7 heteroatoms. The summed E-state index contributed by atoms with van der Waals surface area (Å²) in [6.45, 7) is 0.266. The van der Waals surface area contributed by atoms with E-state index in [0.29, 0.717) is 0 Å². The number of ether oxygens (including phenoxy) is 1. The first-order valence-corrected chi connectivity index (χ1v) is 4.41. The fourth-order valence-electron chi connectivity index (χ4n) is 1.44. The van der Waals surface area contributed by atoms with Crippen LogP contribution in [0.3, 0.4) is 0 Å². The summed E-state index contributed by atoms with van der Waals surface area (Å²) in [6.07, 6.45) is -6.60. The fraction of sp³-hybridized carbons (Fsp3) is 0.875. The standard InChI is InChI=1S/C8H14O7/c1-3(10)8(14)7(13)6(12)5(11)4(2-9)15-8/h4-7,9,11-14H,2H2,1H3/t4-,5-,6+,7-,8?/m1/s1. The van der Waals surface area contributed by atoms with E-state index in [1.165, 1.54) is 0 Å². The van der Waals surface area contributed by atoms with E-state index in [-0.39, 0.29) is 0 Å². The lowest BCUT2D eigenvalue weighted by molar-refractivity contribution is -0.330. The number of carbonyl (C=O) groups is 1. The van der Waals surface area contributed by atoms with Crippen molar-refractivity contribution in [3.8, 4) is 0 Å². The van der Waals surface area contributed by atoms with Crippen molar-refractivity contribution < 1.29 is 35.1 Å². The number of carbonyl (C=O) groups excluding carboxylic acids is 1. The fourth-order valence-corrected chi connectivity index (χ4v) is 1.44. The highest BCUT2D eigenvalue weighted by Crippen LogP contribution is 2.28. The van der Waals surface area contributed by atoms with Crippen molar-refractivity contribution in [3.63, 3.8) is 0 Å². The maximum absolute atomic E-state index is 11.0. The smallest absolute Gasteiger partial charge is 0.256 e. The molecule has 0 spiro atoms. The monoisotopic (exact) mass is 222 g/mol. The Morgan fingerprint density at radius 3 is 2.27 bits per heavy atom. The van der Waals surface area contributed by atoms with E-state index < -0.39 is 42.6 Å². The predicted molar refractivity (Wildman–Crippen MR) is 45.6 cm³/mol. The zero-order valence-corrected chi connectivity index (χ0v) is 8.07. The molecule has 1 aliphatic heterocycles.